The predicted octanol–water partition coefficient (Wildman–Crippen LogP) is 3.77. The molecule has 2 heterocycles. The van der Waals surface area contributed by atoms with Gasteiger partial charge in [-0.2, -0.15) is 0 Å². The molecule has 0 unspecified atom stereocenters. The average Bonchev–Trinajstić information content (AvgIpc) is 2.96. The number of alkyl halides is 1. The number of halogens is 1. The molecule has 0 amide bonds. The minimum Gasteiger partial charge on any atom is -0.491 e. The van der Waals surface area contributed by atoms with E-state index in [1.54, 1.807) is 11.3 Å². The van der Waals surface area contributed by atoms with Crippen molar-refractivity contribution in [2.45, 2.75) is 0 Å². The maximum Gasteiger partial charge on any atom is 0.150 e. The van der Waals surface area contributed by atoms with E-state index in [1.807, 2.05) is 49.3 Å². The number of rotatable bonds is 5. The zero-order valence-corrected chi connectivity index (χ0v) is 13.2. The highest BCUT2D eigenvalue weighted by Gasteiger charge is 2.08. The molecular formula is C16H16FN3OS. The number of aromatic nitrogens is 2. The van der Waals surface area contributed by atoms with E-state index in [1.165, 1.54) is 0 Å². The Morgan fingerprint density at radius 1 is 1.14 bits per heavy atom. The molecule has 0 bridgehead atoms. The van der Waals surface area contributed by atoms with Crippen LogP contribution >= 0.6 is 11.3 Å². The lowest BCUT2D eigenvalue weighted by molar-refractivity contribution is 0.273. The second kappa shape index (κ2) is 6.27. The van der Waals surface area contributed by atoms with Crippen LogP contribution in [-0.4, -0.2) is 37.6 Å². The summed E-state index contributed by atoms with van der Waals surface area (Å²) in [6.45, 7) is -0.400. The quantitative estimate of drug-likeness (QED) is 0.718. The smallest absolute Gasteiger partial charge is 0.150 e. The van der Waals surface area contributed by atoms with E-state index in [0.717, 1.165) is 26.5 Å². The Morgan fingerprint density at radius 2 is 2.00 bits per heavy atom. The summed E-state index contributed by atoms with van der Waals surface area (Å²) in [5.74, 6) is 1.51. The van der Waals surface area contributed by atoms with Crippen LogP contribution in [0.4, 0.5) is 10.2 Å². The summed E-state index contributed by atoms with van der Waals surface area (Å²) < 4.78 is 18.6. The van der Waals surface area contributed by atoms with E-state index in [9.17, 15) is 4.39 Å². The molecule has 0 N–H and O–H groups in total. The fourth-order valence-electron chi connectivity index (χ4n) is 2.08. The zero-order valence-electron chi connectivity index (χ0n) is 12.4. The molecule has 0 spiro atoms. The van der Waals surface area contributed by atoms with Gasteiger partial charge >= 0.3 is 0 Å². The summed E-state index contributed by atoms with van der Waals surface area (Å²) in [6, 6.07) is 11.8. The third-order valence-corrected chi connectivity index (χ3v) is 4.32. The van der Waals surface area contributed by atoms with Crippen molar-refractivity contribution in [3.8, 4) is 16.3 Å². The van der Waals surface area contributed by atoms with Crippen molar-refractivity contribution >= 4 is 27.2 Å². The van der Waals surface area contributed by atoms with Crippen LogP contribution in [-0.2, 0) is 0 Å². The summed E-state index contributed by atoms with van der Waals surface area (Å²) in [5.41, 5.74) is 0.845. The molecule has 0 radical (unpaired) electrons. The van der Waals surface area contributed by atoms with Gasteiger partial charge in [0.1, 0.15) is 24.7 Å². The molecule has 0 fully saturated rings. The van der Waals surface area contributed by atoms with Gasteiger partial charge < -0.3 is 9.64 Å². The summed E-state index contributed by atoms with van der Waals surface area (Å²) >= 11 is 1.62. The van der Waals surface area contributed by atoms with Crippen LogP contribution in [0.3, 0.4) is 0 Å². The van der Waals surface area contributed by atoms with Crippen molar-refractivity contribution in [3.05, 3.63) is 36.4 Å². The van der Waals surface area contributed by atoms with E-state index in [4.69, 9.17) is 4.74 Å². The first-order valence-electron chi connectivity index (χ1n) is 6.91. The van der Waals surface area contributed by atoms with Crippen molar-refractivity contribution in [1.29, 1.82) is 0 Å². The molecule has 6 heteroatoms. The highest BCUT2D eigenvalue weighted by Crippen LogP contribution is 2.34. The molecule has 2 aromatic heterocycles. The summed E-state index contributed by atoms with van der Waals surface area (Å²) in [4.78, 5) is 2.96. The van der Waals surface area contributed by atoms with Gasteiger partial charge in [-0.15, -0.1) is 21.5 Å². The van der Waals surface area contributed by atoms with Crippen LogP contribution in [0, 0.1) is 0 Å². The predicted molar refractivity (Wildman–Crippen MR) is 88.6 cm³/mol. The fraction of sp³-hybridized carbons (Fsp3) is 0.250. The standard InChI is InChI=1S/C16H16FN3OS/c1-20(2)16-6-5-13(18-19-16)15-9-11-3-4-12(21-8-7-17)10-14(11)22-15/h3-6,9-10H,7-8H2,1-2H3. The normalized spacial score (nSPS) is 10.9. The van der Waals surface area contributed by atoms with Crippen molar-refractivity contribution in [1.82, 2.24) is 10.2 Å². The Bertz CT molecular complexity index is 771. The van der Waals surface area contributed by atoms with Crippen molar-refractivity contribution < 1.29 is 9.13 Å². The van der Waals surface area contributed by atoms with E-state index in [2.05, 4.69) is 16.3 Å². The molecule has 114 valence electrons. The van der Waals surface area contributed by atoms with Gasteiger partial charge in [-0.3, -0.25) is 0 Å². The molecule has 1 aromatic carbocycles. The number of hydrogen-bond donors (Lipinski definition) is 0. The monoisotopic (exact) mass is 317 g/mol. The van der Waals surface area contributed by atoms with E-state index in [-0.39, 0.29) is 6.61 Å². The van der Waals surface area contributed by atoms with E-state index < -0.39 is 6.67 Å². The summed E-state index contributed by atoms with van der Waals surface area (Å²) in [5, 5.41) is 9.59. The van der Waals surface area contributed by atoms with Crippen molar-refractivity contribution in [2.75, 3.05) is 32.3 Å². The number of hydrogen-bond acceptors (Lipinski definition) is 5. The topological polar surface area (TPSA) is 38.2 Å². The summed E-state index contributed by atoms with van der Waals surface area (Å²) in [6.07, 6.45) is 0. The van der Waals surface area contributed by atoms with Crippen LogP contribution in [0.1, 0.15) is 0 Å². The molecule has 22 heavy (non-hydrogen) atoms. The Hall–Kier alpha value is -2.21. The SMILES string of the molecule is CN(C)c1ccc(-c2cc3ccc(OCCF)cc3s2)nn1. The number of fused-ring (bicyclic) bond motifs is 1. The highest BCUT2D eigenvalue weighted by molar-refractivity contribution is 7.22. The van der Waals surface area contributed by atoms with Crippen LogP contribution in [0.5, 0.6) is 5.75 Å². The lowest BCUT2D eigenvalue weighted by Crippen LogP contribution is -2.11. The average molecular weight is 317 g/mol. The van der Waals surface area contributed by atoms with Gasteiger partial charge in [0.2, 0.25) is 0 Å². The minimum atomic E-state index is -0.485. The van der Waals surface area contributed by atoms with E-state index in [0.29, 0.717) is 5.75 Å². The maximum atomic E-state index is 12.2. The number of thiophene rings is 1. The van der Waals surface area contributed by atoms with Gasteiger partial charge in [0.15, 0.2) is 5.82 Å². The lowest BCUT2D eigenvalue weighted by atomic mass is 10.2. The zero-order chi connectivity index (χ0) is 15.5. The molecule has 0 saturated carbocycles. The van der Waals surface area contributed by atoms with Crippen LogP contribution < -0.4 is 9.64 Å². The molecule has 0 atom stereocenters. The molecule has 3 rings (SSSR count). The van der Waals surface area contributed by atoms with Gasteiger partial charge in [-0.25, -0.2) is 4.39 Å². The first-order chi connectivity index (χ1) is 10.7. The van der Waals surface area contributed by atoms with Gasteiger partial charge in [0.05, 0.1) is 4.88 Å². The Morgan fingerprint density at radius 3 is 2.68 bits per heavy atom. The highest BCUT2D eigenvalue weighted by atomic mass is 32.1. The van der Waals surface area contributed by atoms with Gasteiger partial charge in [-0.1, -0.05) is 0 Å². The number of ether oxygens (including phenoxy) is 1. The maximum absolute atomic E-state index is 12.2. The number of anilines is 1. The second-order valence-corrected chi connectivity index (χ2v) is 6.10. The third kappa shape index (κ3) is 3.01. The Labute approximate surface area is 132 Å². The summed E-state index contributed by atoms with van der Waals surface area (Å²) in [7, 11) is 3.87. The minimum absolute atomic E-state index is 0.0845. The van der Waals surface area contributed by atoms with Crippen LogP contribution in [0.15, 0.2) is 36.4 Å². The first-order valence-corrected chi connectivity index (χ1v) is 7.73. The Balaban J connectivity index is 1.90. The Kier molecular flexibility index (Phi) is 4.20. The molecule has 0 aliphatic heterocycles. The molecule has 3 aromatic rings. The van der Waals surface area contributed by atoms with Crippen LogP contribution in [0.25, 0.3) is 20.7 Å². The fourth-order valence-corrected chi connectivity index (χ4v) is 3.14. The van der Waals surface area contributed by atoms with Crippen LogP contribution in [0.2, 0.25) is 0 Å². The van der Waals surface area contributed by atoms with Gasteiger partial charge in [0.25, 0.3) is 0 Å². The molecule has 0 aliphatic carbocycles. The van der Waals surface area contributed by atoms with Gasteiger partial charge in [0, 0.05) is 18.8 Å². The molecule has 4 nitrogen and oxygen atoms in total. The number of nitrogens with zero attached hydrogens (tertiary/aromatic N) is 3. The van der Waals surface area contributed by atoms with Gasteiger partial charge in [-0.05, 0) is 41.8 Å². The van der Waals surface area contributed by atoms with Crippen molar-refractivity contribution in [3.63, 3.8) is 0 Å². The second-order valence-electron chi connectivity index (χ2n) is 5.02. The molecular weight excluding hydrogens is 301 g/mol. The lowest BCUT2D eigenvalue weighted by Gasteiger charge is -2.09. The molecule has 0 saturated heterocycles. The van der Waals surface area contributed by atoms with E-state index >= 15 is 0 Å². The van der Waals surface area contributed by atoms with Crippen molar-refractivity contribution in [2.24, 2.45) is 0 Å². The third-order valence-electron chi connectivity index (χ3n) is 3.20. The first kappa shape index (κ1) is 14.7. The number of benzene rings is 1. The largest absolute Gasteiger partial charge is 0.491 e. The molecule has 0 aliphatic rings.